The highest BCUT2D eigenvalue weighted by atomic mass is 35.5. The van der Waals surface area contributed by atoms with Crippen LogP contribution >= 0.6 is 22.9 Å². The fourth-order valence-electron chi connectivity index (χ4n) is 7.34. The van der Waals surface area contributed by atoms with Crippen LogP contribution < -0.4 is 24.8 Å². The Kier molecular flexibility index (Phi) is 9.87. The number of methoxy groups -OCH3 is 1. The number of carbonyl (C=O) groups is 3. The van der Waals surface area contributed by atoms with E-state index in [2.05, 4.69) is 20.3 Å². The zero-order valence-corrected chi connectivity index (χ0v) is 31.2. The Morgan fingerprint density at radius 3 is 2.61 bits per heavy atom. The summed E-state index contributed by atoms with van der Waals surface area (Å²) >= 11 is 7.53. The molecule has 1 aromatic heterocycles. The molecule has 4 fully saturated rings. The summed E-state index contributed by atoms with van der Waals surface area (Å²) < 4.78 is 40.2. The SMILES string of the molecule is COc1cccc(N[C@H]2CCCCCCC[C@@H]3C[C@@]3(C(=O)NS(=O)(=O)C3(C)CC3)NC(=O)[C@@H]3C[C@@H](Oc4nc5ccc(Cl)cc5s4)CN3C2=O)c1. The minimum Gasteiger partial charge on any atom is -0.497 e. The van der Waals surface area contributed by atoms with Crippen LogP contribution in [0.2, 0.25) is 5.02 Å². The van der Waals surface area contributed by atoms with Gasteiger partial charge < -0.3 is 25.0 Å². The molecule has 2 saturated carbocycles. The highest BCUT2D eigenvalue weighted by Gasteiger charge is 2.63. The zero-order chi connectivity index (χ0) is 36.0. The molecule has 51 heavy (non-hydrogen) atoms. The van der Waals surface area contributed by atoms with Crippen LogP contribution in [0.3, 0.4) is 0 Å². The summed E-state index contributed by atoms with van der Waals surface area (Å²) in [6.45, 7) is 1.75. The smallest absolute Gasteiger partial charge is 0.274 e. The van der Waals surface area contributed by atoms with Crippen molar-refractivity contribution in [2.45, 2.75) is 106 Å². The molecular formula is C36H44ClN5O7S2. The molecule has 15 heteroatoms. The molecule has 0 unspecified atom stereocenters. The second-order valence-corrected chi connectivity index (χ2v) is 18.2. The number of halogens is 1. The van der Waals surface area contributed by atoms with Crippen molar-refractivity contribution in [1.29, 1.82) is 0 Å². The van der Waals surface area contributed by atoms with Gasteiger partial charge in [-0.3, -0.25) is 19.1 Å². The van der Waals surface area contributed by atoms with Gasteiger partial charge in [0, 0.05) is 23.2 Å². The quantitative estimate of drug-likeness (QED) is 0.274. The molecule has 12 nitrogen and oxygen atoms in total. The van der Waals surface area contributed by atoms with Gasteiger partial charge in [0.1, 0.15) is 29.5 Å². The molecule has 4 aliphatic rings. The van der Waals surface area contributed by atoms with Gasteiger partial charge in [0.15, 0.2) is 0 Å². The summed E-state index contributed by atoms with van der Waals surface area (Å²) in [5.41, 5.74) is 0.0773. The Hall–Kier alpha value is -3.62. The van der Waals surface area contributed by atoms with Crippen molar-refractivity contribution < 1.29 is 32.3 Å². The molecule has 7 rings (SSSR count). The summed E-state index contributed by atoms with van der Waals surface area (Å²) in [5.74, 6) is -1.02. The summed E-state index contributed by atoms with van der Waals surface area (Å²) in [6, 6.07) is 11.1. The van der Waals surface area contributed by atoms with E-state index in [1.165, 1.54) is 11.3 Å². The molecule has 2 aliphatic carbocycles. The van der Waals surface area contributed by atoms with Crippen LogP contribution in [0, 0.1) is 5.92 Å². The maximum absolute atomic E-state index is 14.6. The lowest BCUT2D eigenvalue weighted by Gasteiger charge is -2.30. The van der Waals surface area contributed by atoms with Crippen LogP contribution in [-0.4, -0.2) is 78.2 Å². The lowest BCUT2D eigenvalue weighted by molar-refractivity contribution is -0.140. The fourth-order valence-corrected chi connectivity index (χ4v) is 9.81. The molecule has 5 atom stereocenters. The van der Waals surface area contributed by atoms with E-state index >= 15 is 0 Å². The normalized spacial score (nSPS) is 28.0. The topological polar surface area (TPSA) is 156 Å². The van der Waals surface area contributed by atoms with Crippen molar-refractivity contribution in [3.8, 4) is 10.9 Å². The highest BCUT2D eigenvalue weighted by molar-refractivity contribution is 7.91. The Balaban J connectivity index is 1.18. The molecule has 2 saturated heterocycles. The number of ether oxygens (including phenoxy) is 2. The van der Waals surface area contributed by atoms with Gasteiger partial charge in [-0.25, -0.2) is 13.4 Å². The van der Waals surface area contributed by atoms with Gasteiger partial charge in [-0.15, -0.1) is 0 Å². The number of hydrogen-bond acceptors (Lipinski definition) is 10. The molecule has 3 amide bonds. The Morgan fingerprint density at radius 1 is 1.08 bits per heavy atom. The number of aromatic nitrogens is 1. The van der Waals surface area contributed by atoms with Crippen molar-refractivity contribution in [1.82, 2.24) is 19.9 Å². The number of nitrogens with one attached hydrogen (secondary N) is 3. The number of rotatable bonds is 8. The second kappa shape index (κ2) is 14.1. The van der Waals surface area contributed by atoms with E-state index in [4.69, 9.17) is 21.1 Å². The maximum Gasteiger partial charge on any atom is 0.274 e. The van der Waals surface area contributed by atoms with Crippen LogP contribution in [0.1, 0.15) is 77.6 Å². The van der Waals surface area contributed by atoms with Crippen molar-refractivity contribution in [2.24, 2.45) is 5.92 Å². The third-order valence-electron chi connectivity index (χ3n) is 10.9. The van der Waals surface area contributed by atoms with Gasteiger partial charge in [0.05, 0.1) is 28.6 Å². The van der Waals surface area contributed by atoms with E-state index in [0.717, 1.165) is 42.3 Å². The first kappa shape index (κ1) is 35.8. The minimum absolute atomic E-state index is 0.124. The first-order valence-electron chi connectivity index (χ1n) is 17.7. The Bertz CT molecular complexity index is 1940. The summed E-state index contributed by atoms with van der Waals surface area (Å²) in [5, 5.41) is 7.37. The van der Waals surface area contributed by atoms with Crippen LogP contribution in [0.5, 0.6) is 10.9 Å². The average molecular weight is 758 g/mol. The summed E-state index contributed by atoms with van der Waals surface area (Å²) in [4.78, 5) is 48.9. The first-order valence-corrected chi connectivity index (χ1v) is 20.4. The van der Waals surface area contributed by atoms with Crippen molar-refractivity contribution in [2.75, 3.05) is 19.0 Å². The number of nitrogens with zero attached hydrogens (tertiary/aromatic N) is 2. The van der Waals surface area contributed by atoms with Crippen LogP contribution in [0.15, 0.2) is 42.5 Å². The van der Waals surface area contributed by atoms with E-state index in [9.17, 15) is 22.8 Å². The second-order valence-electron chi connectivity index (χ2n) is 14.6. The third-order valence-corrected chi connectivity index (χ3v) is 14.2. The van der Waals surface area contributed by atoms with Gasteiger partial charge in [0.25, 0.3) is 11.1 Å². The first-order chi connectivity index (χ1) is 24.4. The number of carbonyl (C=O) groups excluding carboxylic acids is 3. The maximum atomic E-state index is 14.6. The molecule has 0 spiro atoms. The van der Waals surface area contributed by atoms with Crippen molar-refractivity contribution >= 4 is 66.6 Å². The lowest BCUT2D eigenvalue weighted by atomic mass is 10.0. The highest BCUT2D eigenvalue weighted by Crippen LogP contribution is 2.49. The fraction of sp³-hybridized carbons (Fsp3) is 0.556. The number of thiazole rings is 1. The van der Waals surface area contributed by atoms with Crippen molar-refractivity contribution in [3.63, 3.8) is 0 Å². The van der Waals surface area contributed by atoms with E-state index in [0.29, 0.717) is 53.8 Å². The number of benzene rings is 2. The Morgan fingerprint density at radius 2 is 1.84 bits per heavy atom. The number of fused-ring (bicyclic) bond motifs is 3. The van der Waals surface area contributed by atoms with Gasteiger partial charge in [-0.2, -0.15) is 0 Å². The van der Waals surface area contributed by atoms with Crippen LogP contribution in [-0.2, 0) is 24.4 Å². The molecule has 3 heterocycles. The standard InChI is InChI=1S/C36H44ClN5O7S2/c1-35(15-16-35)51(46,47)41-33(45)36-20-22(36)9-6-4-3-5-7-12-28(38-24-10-8-11-25(18-24)48-2)32(44)42-21-26(19-29(42)31(43)40-36)49-34-39-27-14-13-23(37)17-30(27)50-34/h8,10-11,13-14,17-18,22,26,28-29,38H,3-7,9,12,15-16,19-21H2,1-2H3,(H,40,43)(H,41,45)/t22-,26-,28+,29+,36-/m1/s1. The average Bonchev–Trinajstić information content (AvgIpc) is 3.91. The minimum atomic E-state index is -3.92. The van der Waals surface area contributed by atoms with Crippen molar-refractivity contribution in [3.05, 3.63) is 47.5 Å². The van der Waals surface area contributed by atoms with E-state index in [-0.39, 0.29) is 24.8 Å². The summed E-state index contributed by atoms with van der Waals surface area (Å²) in [7, 11) is -2.34. The molecule has 0 bridgehead atoms. The van der Waals surface area contributed by atoms with E-state index in [1.807, 2.05) is 36.4 Å². The van der Waals surface area contributed by atoms with E-state index in [1.54, 1.807) is 25.0 Å². The predicted octanol–water partition coefficient (Wildman–Crippen LogP) is 5.41. The lowest BCUT2D eigenvalue weighted by Crippen LogP contribution is -2.58. The molecule has 3 N–H and O–H groups in total. The third kappa shape index (κ3) is 7.50. The summed E-state index contributed by atoms with van der Waals surface area (Å²) in [6.07, 6.45) is 6.61. The molecule has 274 valence electrons. The van der Waals surface area contributed by atoms with Crippen LogP contribution in [0.25, 0.3) is 10.2 Å². The Labute approximate surface area is 307 Å². The monoisotopic (exact) mass is 757 g/mol. The number of anilines is 1. The largest absolute Gasteiger partial charge is 0.497 e. The van der Waals surface area contributed by atoms with Gasteiger partial charge >= 0.3 is 0 Å². The van der Waals surface area contributed by atoms with Gasteiger partial charge in [-0.05, 0) is 75.3 Å². The molecule has 2 aliphatic heterocycles. The molecular weight excluding hydrogens is 714 g/mol. The number of sulfonamides is 1. The zero-order valence-electron chi connectivity index (χ0n) is 28.8. The predicted molar refractivity (Wildman–Crippen MR) is 196 cm³/mol. The number of hydrogen-bond donors (Lipinski definition) is 3. The molecule has 2 aromatic carbocycles. The molecule has 3 aromatic rings. The van der Waals surface area contributed by atoms with Gasteiger partial charge in [0.2, 0.25) is 21.8 Å². The van der Waals surface area contributed by atoms with E-state index < -0.39 is 50.3 Å². The van der Waals surface area contributed by atoms with Crippen LogP contribution in [0.4, 0.5) is 5.69 Å². The molecule has 0 radical (unpaired) electrons. The number of amides is 3. The van der Waals surface area contributed by atoms with Gasteiger partial charge in [-0.1, -0.05) is 61.1 Å².